The molecule has 5 heteroatoms. The van der Waals surface area contributed by atoms with Crippen LogP contribution in [0, 0.1) is 0 Å². The molecule has 0 bridgehead atoms. The highest BCUT2D eigenvalue weighted by molar-refractivity contribution is 6.14. The number of hydrogen-bond donors (Lipinski definition) is 2. The van der Waals surface area contributed by atoms with Crippen LogP contribution in [0.2, 0.25) is 0 Å². The molecule has 0 radical (unpaired) electrons. The van der Waals surface area contributed by atoms with Crippen molar-refractivity contribution >= 4 is 28.3 Å². The number of fused-ring (bicyclic) bond motifs is 3. The summed E-state index contributed by atoms with van der Waals surface area (Å²) in [4.78, 5) is 23.2. The molecule has 21 heavy (non-hydrogen) atoms. The minimum absolute atomic E-state index is 0.111. The fraction of sp³-hybridized carbons (Fsp3) is 0.375. The zero-order valence-electron chi connectivity index (χ0n) is 11.9. The predicted octanol–water partition coefficient (Wildman–Crippen LogP) is 2.80. The molecule has 110 valence electrons. The van der Waals surface area contributed by atoms with Crippen LogP contribution in [0.15, 0.2) is 22.8 Å². The third kappa shape index (κ3) is 2.39. The molecule has 0 fully saturated rings. The van der Waals surface area contributed by atoms with Crippen molar-refractivity contribution in [3.05, 3.63) is 29.5 Å². The molecule has 0 saturated carbocycles. The van der Waals surface area contributed by atoms with E-state index in [0.29, 0.717) is 37.0 Å². The molecular weight excluding hydrogens is 268 g/mol. The van der Waals surface area contributed by atoms with Crippen LogP contribution < -0.4 is 11.1 Å². The van der Waals surface area contributed by atoms with Crippen LogP contribution in [0.1, 0.15) is 48.0 Å². The molecule has 2 heterocycles. The van der Waals surface area contributed by atoms with Gasteiger partial charge in [-0.3, -0.25) is 9.59 Å². The Bertz CT molecular complexity index is 718. The summed E-state index contributed by atoms with van der Waals surface area (Å²) in [6.45, 7) is 2.69. The SMILES string of the molecule is CC(CCC(N)=O)c1coc2ccc3c(c12)C(=O)CCN3. The van der Waals surface area contributed by atoms with Gasteiger partial charge in [0.15, 0.2) is 5.78 Å². The molecule has 1 aromatic heterocycles. The first-order valence-corrected chi connectivity index (χ1v) is 7.17. The number of carbonyl (C=O) groups excluding carboxylic acids is 2. The quantitative estimate of drug-likeness (QED) is 0.905. The van der Waals surface area contributed by atoms with Crippen LogP contribution in [0.3, 0.4) is 0 Å². The van der Waals surface area contributed by atoms with Gasteiger partial charge in [0.1, 0.15) is 5.58 Å². The van der Waals surface area contributed by atoms with Gasteiger partial charge < -0.3 is 15.5 Å². The number of anilines is 1. The zero-order chi connectivity index (χ0) is 15.0. The van der Waals surface area contributed by atoms with Crippen molar-refractivity contribution in [1.82, 2.24) is 0 Å². The maximum Gasteiger partial charge on any atom is 0.217 e. The van der Waals surface area contributed by atoms with Gasteiger partial charge >= 0.3 is 0 Å². The van der Waals surface area contributed by atoms with Crippen LogP contribution in [-0.4, -0.2) is 18.2 Å². The highest BCUT2D eigenvalue weighted by atomic mass is 16.3. The maximum atomic E-state index is 12.3. The van der Waals surface area contributed by atoms with Crippen molar-refractivity contribution in [2.24, 2.45) is 5.73 Å². The van der Waals surface area contributed by atoms with Crippen LogP contribution in [0.25, 0.3) is 11.0 Å². The second-order valence-electron chi connectivity index (χ2n) is 5.56. The number of nitrogens with two attached hydrogens (primary N) is 1. The third-order valence-electron chi connectivity index (χ3n) is 4.07. The van der Waals surface area contributed by atoms with E-state index in [0.717, 1.165) is 16.6 Å². The first-order valence-electron chi connectivity index (χ1n) is 7.17. The van der Waals surface area contributed by atoms with Gasteiger partial charge in [0.05, 0.1) is 11.8 Å². The van der Waals surface area contributed by atoms with Crippen molar-refractivity contribution < 1.29 is 14.0 Å². The Morgan fingerprint density at radius 2 is 2.29 bits per heavy atom. The molecule has 0 aliphatic carbocycles. The Kier molecular flexibility index (Phi) is 3.41. The number of amides is 1. The van der Waals surface area contributed by atoms with E-state index >= 15 is 0 Å². The van der Waals surface area contributed by atoms with Gasteiger partial charge in [-0.15, -0.1) is 0 Å². The number of hydrogen-bond acceptors (Lipinski definition) is 4. The number of rotatable bonds is 4. The van der Waals surface area contributed by atoms with E-state index in [9.17, 15) is 9.59 Å². The summed E-state index contributed by atoms with van der Waals surface area (Å²) < 4.78 is 5.60. The summed E-state index contributed by atoms with van der Waals surface area (Å²) >= 11 is 0. The topological polar surface area (TPSA) is 85.3 Å². The molecule has 1 amide bonds. The molecule has 1 aliphatic rings. The summed E-state index contributed by atoms with van der Waals surface area (Å²) in [5, 5.41) is 4.13. The van der Waals surface area contributed by atoms with E-state index in [1.165, 1.54) is 0 Å². The second kappa shape index (κ2) is 5.24. The molecule has 1 aromatic carbocycles. The summed E-state index contributed by atoms with van der Waals surface area (Å²) in [5.41, 5.74) is 8.48. The van der Waals surface area contributed by atoms with E-state index in [-0.39, 0.29) is 17.6 Å². The molecule has 2 aromatic rings. The average molecular weight is 286 g/mol. The molecular formula is C16H18N2O3. The van der Waals surface area contributed by atoms with Crippen molar-refractivity contribution in [1.29, 1.82) is 0 Å². The molecule has 0 saturated heterocycles. The first-order chi connectivity index (χ1) is 10.1. The smallest absolute Gasteiger partial charge is 0.217 e. The number of furan rings is 1. The molecule has 3 rings (SSSR count). The summed E-state index contributed by atoms with van der Waals surface area (Å²) in [6, 6.07) is 3.76. The molecule has 0 spiro atoms. The van der Waals surface area contributed by atoms with Gasteiger partial charge in [0.2, 0.25) is 5.91 Å². The highest BCUT2D eigenvalue weighted by Gasteiger charge is 2.24. The maximum absolute atomic E-state index is 12.3. The van der Waals surface area contributed by atoms with E-state index in [4.69, 9.17) is 10.2 Å². The normalized spacial score (nSPS) is 15.6. The minimum Gasteiger partial charge on any atom is -0.464 e. The fourth-order valence-corrected chi connectivity index (χ4v) is 2.90. The van der Waals surface area contributed by atoms with Crippen LogP contribution in [-0.2, 0) is 4.79 Å². The van der Waals surface area contributed by atoms with Crippen LogP contribution in [0.4, 0.5) is 5.69 Å². The van der Waals surface area contributed by atoms with Crippen molar-refractivity contribution in [3.63, 3.8) is 0 Å². The predicted molar refractivity (Wildman–Crippen MR) is 80.5 cm³/mol. The Balaban J connectivity index is 2.07. The third-order valence-corrected chi connectivity index (χ3v) is 4.07. The van der Waals surface area contributed by atoms with Crippen molar-refractivity contribution in [2.45, 2.75) is 32.1 Å². The van der Waals surface area contributed by atoms with Gasteiger partial charge in [-0.1, -0.05) is 6.92 Å². The van der Waals surface area contributed by atoms with E-state index < -0.39 is 0 Å². The lowest BCUT2D eigenvalue weighted by Gasteiger charge is -2.19. The second-order valence-corrected chi connectivity index (χ2v) is 5.56. The monoisotopic (exact) mass is 286 g/mol. The van der Waals surface area contributed by atoms with Gasteiger partial charge in [-0.05, 0) is 24.5 Å². The Morgan fingerprint density at radius 3 is 3.05 bits per heavy atom. The first kappa shape index (κ1) is 13.7. The van der Waals surface area contributed by atoms with Crippen LogP contribution >= 0.6 is 0 Å². The molecule has 5 nitrogen and oxygen atoms in total. The van der Waals surface area contributed by atoms with E-state index in [2.05, 4.69) is 5.32 Å². The van der Waals surface area contributed by atoms with Gasteiger partial charge in [-0.25, -0.2) is 0 Å². The van der Waals surface area contributed by atoms with Gasteiger partial charge in [-0.2, -0.15) is 0 Å². The fourth-order valence-electron chi connectivity index (χ4n) is 2.90. The lowest BCUT2D eigenvalue weighted by atomic mass is 9.90. The zero-order valence-corrected chi connectivity index (χ0v) is 11.9. The molecule has 3 N–H and O–H groups in total. The van der Waals surface area contributed by atoms with Crippen LogP contribution in [0.5, 0.6) is 0 Å². The van der Waals surface area contributed by atoms with Crippen molar-refractivity contribution in [2.75, 3.05) is 11.9 Å². The number of nitrogens with one attached hydrogen (secondary N) is 1. The Hall–Kier alpha value is -2.30. The summed E-state index contributed by atoms with van der Waals surface area (Å²) in [6.07, 6.45) is 3.16. The Labute approximate surface area is 122 Å². The summed E-state index contributed by atoms with van der Waals surface area (Å²) in [7, 11) is 0. The molecule has 1 unspecified atom stereocenters. The lowest BCUT2D eigenvalue weighted by molar-refractivity contribution is -0.118. The number of primary amides is 1. The highest BCUT2D eigenvalue weighted by Crippen LogP contribution is 2.37. The standard InChI is InChI=1S/C16H18N2O3/c1-9(2-5-14(17)20)10-8-21-13-4-3-11-16(15(10)13)12(19)6-7-18-11/h3-4,8-9,18H,2,5-7H2,1H3,(H2,17,20). The van der Waals surface area contributed by atoms with Gasteiger partial charge in [0, 0.05) is 36.0 Å². The number of benzene rings is 1. The number of carbonyl (C=O) groups is 2. The number of Topliss-reactive ketones (excluding diaryl/α,β-unsaturated/α-hetero) is 1. The van der Waals surface area contributed by atoms with E-state index in [1.54, 1.807) is 6.26 Å². The summed E-state index contributed by atoms with van der Waals surface area (Å²) in [5.74, 6) is -0.0616. The lowest BCUT2D eigenvalue weighted by Crippen LogP contribution is -2.18. The molecule has 1 atom stereocenters. The van der Waals surface area contributed by atoms with E-state index in [1.807, 2.05) is 19.1 Å². The Morgan fingerprint density at radius 1 is 1.48 bits per heavy atom. The minimum atomic E-state index is -0.311. The van der Waals surface area contributed by atoms with Crippen molar-refractivity contribution in [3.8, 4) is 0 Å². The molecule has 1 aliphatic heterocycles. The average Bonchev–Trinajstić information content (AvgIpc) is 2.89. The van der Waals surface area contributed by atoms with Gasteiger partial charge in [0.25, 0.3) is 0 Å². The number of ketones is 1. The largest absolute Gasteiger partial charge is 0.464 e.